The van der Waals surface area contributed by atoms with Crippen LogP contribution < -0.4 is 11.1 Å². The Hall–Kier alpha value is -3.87. The number of nitrogens with one attached hydrogen (secondary N) is 1. The minimum atomic E-state index is -3.73. The average molecular weight is 588 g/mol. The van der Waals surface area contributed by atoms with Crippen molar-refractivity contribution in [2.45, 2.75) is 54.6 Å². The van der Waals surface area contributed by atoms with Gasteiger partial charge in [0.25, 0.3) is 0 Å². The monoisotopic (exact) mass is 587 g/mol. The first-order valence-electron chi connectivity index (χ1n) is 14.3. The summed E-state index contributed by atoms with van der Waals surface area (Å²) in [5, 5.41) is 7.71. The van der Waals surface area contributed by atoms with Crippen LogP contribution in [0, 0.1) is 0 Å². The van der Waals surface area contributed by atoms with Gasteiger partial charge in [0.05, 0.1) is 30.8 Å². The van der Waals surface area contributed by atoms with Crippen LogP contribution in [0.15, 0.2) is 59.8 Å². The van der Waals surface area contributed by atoms with Crippen molar-refractivity contribution in [1.82, 2.24) is 29.8 Å². The van der Waals surface area contributed by atoms with E-state index in [-0.39, 0.29) is 40.7 Å². The van der Waals surface area contributed by atoms with Crippen LogP contribution in [0.25, 0.3) is 28.0 Å². The second-order valence-electron chi connectivity index (χ2n) is 11.5. The summed E-state index contributed by atoms with van der Waals surface area (Å²) in [6, 6.07) is 13.5. The van der Waals surface area contributed by atoms with Crippen molar-refractivity contribution in [3.05, 3.63) is 60.6 Å². The van der Waals surface area contributed by atoms with E-state index in [9.17, 15) is 13.2 Å². The number of nitrogens with zero attached hydrogens (tertiary/aromatic N) is 5. The van der Waals surface area contributed by atoms with Crippen molar-refractivity contribution in [2.24, 2.45) is 0 Å². The number of carbonyl (C=O) groups excluding carboxylic acids is 1. The fourth-order valence-electron chi connectivity index (χ4n) is 6.88. The van der Waals surface area contributed by atoms with Gasteiger partial charge in [-0.2, -0.15) is 9.61 Å². The lowest BCUT2D eigenvalue weighted by Gasteiger charge is -2.41. The van der Waals surface area contributed by atoms with Crippen molar-refractivity contribution in [3.8, 4) is 22.4 Å². The standard InChI is InChI=1S/C30H33N7O4S/c1-42(39,40)27-26(20-13-21-8-9-22(14-20)36(21)30(38)25-17-41-12-11-32-25)35-29-23(16-34-37(29)28(27)31)19-7-10-24(33-15-19)18-5-3-2-4-6-18/h2-7,10,15-16,20-22,25,32H,8-9,11-14,17,31H2,1H3/t20-,21+,22-,25-/m1/s1. The number of nitrogen functional groups attached to an aromatic ring is 1. The van der Waals surface area contributed by atoms with Crippen LogP contribution in [0.5, 0.6) is 0 Å². The van der Waals surface area contributed by atoms with Gasteiger partial charge in [-0.25, -0.2) is 13.4 Å². The number of hydrogen-bond donors (Lipinski definition) is 2. The third-order valence-electron chi connectivity index (χ3n) is 8.77. The predicted octanol–water partition coefficient (Wildman–Crippen LogP) is 2.67. The minimum absolute atomic E-state index is 0.00995. The first kappa shape index (κ1) is 27.0. The molecule has 11 nitrogen and oxygen atoms in total. The van der Waals surface area contributed by atoms with E-state index in [1.165, 1.54) is 4.52 Å². The largest absolute Gasteiger partial charge is 0.382 e. The minimum Gasteiger partial charge on any atom is -0.382 e. The Labute approximate surface area is 244 Å². The summed E-state index contributed by atoms with van der Waals surface area (Å²) in [6.07, 6.45) is 7.59. The van der Waals surface area contributed by atoms with E-state index < -0.39 is 9.84 Å². The number of morpholine rings is 1. The molecule has 1 aromatic carbocycles. The van der Waals surface area contributed by atoms with Crippen molar-refractivity contribution in [3.63, 3.8) is 0 Å². The van der Waals surface area contributed by atoms with Crippen LogP contribution in [0.1, 0.15) is 37.3 Å². The molecule has 3 aromatic heterocycles. The number of benzene rings is 1. The molecule has 3 aliphatic rings. The molecule has 7 rings (SSSR count). The molecule has 0 saturated carbocycles. The van der Waals surface area contributed by atoms with Gasteiger partial charge in [-0.3, -0.25) is 9.78 Å². The number of amides is 1. The molecule has 12 heteroatoms. The van der Waals surface area contributed by atoms with Crippen molar-refractivity contribution in [2.75, 3.05) is 31.7 Å². The highest BCUT2D eigenvalue weighted by atomic mass is 32.2. The maximum absolute atomic E-state index is 13.4. The summed E-state index contributed by atoms with van der Waals surface area (Å²) in [5.74, 6) is -0.0519. The zero-order valence-electron chi connectivity index (χ0n) is 23.3. The number of pyridine rings is 1. The van der Waals surface area contributed by atoms with Gasteiger partial charge in [0.2, 0.25) is 5.91 Å². The number of aromatic nitrogens is 4. The molecule has 3 fully saturated rings. The summed E-state index contributed by atoms with van der Waals surface area (Å²) in [4.78, 5) is 25.1. The number of piperidine rings is 1. The second-order valence-corrected chi connectivity index (χ2v) is 13.4. The maximum Gasteiger partial charge on any atom is 0.242 e. The number of fused-ring (bicyclic) bond motifs is 3. The van der Waals surface area contributed by atoms with Crippen LogP contribution in [0.3, 0.4) is 0 Å². The Kier molecular flexibility index (Phi) is 6.71. The Morgan fingerprint density at radius 3 is 2.45 bits per heavy atom. The molecule has 0 radical (unpaired) electrons. The lowest BCUT2D eigenvalue weighted by molar-refractivity contribution is -0.141. The molecule has 42 heavy (non-hydrogen) atoms. The van der Waals surface area contributed by atoms with Gasteiger partial charge in [0.15, 0.2) is 15.5 Å². The Morgan fingerprint density at radius 1 is 1.05 bits per heavy atom. The topological polar surface area (TPSA) is 145 Å². The van der Waals surface area contributed by atoms with E-state index in [1.54, 1.807) is 12.4 Å². The molecule has 1 amide bonds. The van der Waals surface area contributed by atoms with Gasteiger partial charge in [-0.15, -0.1) is 0 Å². The van der Waals surface area contributed by atoms with Gasteiger partial charge in [0, 0.05) is 53.7 Å². The van der Waals surface area contributed by atoms with E-state index in [1.807, 2.05) is 47.4 Å². The first-order chi connectivity index (χ1) is 20.3. The maximum atomic E-state index is 13.4. The van der Waals surface area contributed by atoms with Gasteiger partial charge in [-0.05, 0) is 31.7 Å². The number of hydrogen-bond acceptors (Lipinski definition) is 9. The second kappa shape index (κ2) is 10.4. The molecule has 4 aromatic rings. The molecule has 3 aliphatic heterocycles. The van der Waals surface area contributed by atoms with Crippen molar-refractivity contribution in [1.29, 1.82) is 0 Å². The first-order valence-corrected chi connectivity index (χ1v) is 16.2. The molecule has 6 heterocycles. The Bertz CT molecular complexity index is 1740. The molecular formula is C30H33N7O4S. The number of ether oxygens (including phenoxy) is 1. The zero-order chi connectivity index (χ0) is 29.0. The van der Waals surface area contributed by atoms with Gasteiger partial charge in [0.1, 0.15) is 16.8 Å². The molecule has 3 saturated heterocycles. The average Bonchev–Trinajstić information content (AvgIpc) is 3.55. The van der Waals surface area contributed by atoms with Crippen molar-refractivity contribution < 1.29 is 17.9 Å². The molecule has 0 spiro atoms. The predicted molar refractivity (Wildman–Crippen MR) is 157 cm³/mol. The molecule has 0 unspecified atom stereocenters. The van der Waals surface area contributed by atoms with Crippen LogP contribution in [-0.4, -0.2) is 82.9 Å². The van der Waals surface area contributed by atoms with E-state index >= 15 is 0 Å². The number of carbonyl (C=O) groups is 1. The number of sulfone groups is 1. The van der Waals surface area contributed by atoms with Crippen LogP contribution >= 0.6 is 0 Å². The highest BCUT2D eigenvalue weighted by molar-refractivity contribution is 7.91. The fourth-order valence-corrected chi connectivity index (χ4v) is 7.93. The Morgan fingerprint density at radius 2 is 1.81 bits per heavy atom. The molecular weight excluding hydrogens is 554 g/mol. The smallest absolute Gasteiger partial charge is 0.242 e. The Balaban J connectivity index is 1.25. The van der Waals surface area contributed by atoms with Gasteiger partial charge >= 0.3 is 0 Å². The molecule has 3 N–H and O–H groups in total. The molecule has 2 bridgehead atoms. The van der Waals surface area contributed by atoms with Crippen LogP contribution in [-0.2, 0) is 19.4 Å². The SMILES string of the molecule is CS(=O)(=O)c1c([C@H]2C[C@H]3CC[C@@H](C2)N3C(=O)[C@H]2COCCN2)nc2c(-c3ccc(-c4ccccc4)nc3)cnn2c1N. The quantitative estimate of drug-likeness (QED) is 0.360. The zero-order valence-corrected chi connectivity index (χ0v) is 24.1. The number of anilines is 1. The summed E-state index contributed by atoms with van der Waals surface area (Å²) in [7, 11) is -3.73. The van der Waals surface area contributed by atoms with Crippen molar-refractivity contribution >= 4 is 27.2 Å². The number of rotatable bonds is 5. The van der Waals surface area contributed by atoms with Gasteiger partial charge < -0.3 is 20.7 Å². The lowest BCUT2D eigenvalue weighted by Crippen LogP contribution is -2.57. The number of nitrogens with two attached hydrogens (primary N) is 1. The third kappa shape index (κ3) is 4.63. The fraction of sp³-hybridized carbons (Fsp3) is 0.400. The third-order valence-corrected chi connectivity index (χ3v) is 9.93. The normalized spacial score (nSPS) is 24.3. The molecule has 4 atom stereocenters. The van der Waals surface area contributed by atoms with Crippen LogP contribution in [0.2, 0.25) is 0 Å². The van der Waals surface area contributed by atoms with E-state index in [0.717, 1.165) is 35.9 Å². The molecule has 218 valence electrons. The summed E-state index contributed by atoms with van der Waals surface area (Å²) in [5.41, 5.74) is 10.9. The lowest BCUT2D eigenvalue weighted by atomic mass is 9.87. The van der Waals surface area contributed by atoms with Crippen LogP contribution in [0.4, 0.5) is 5.82 Å². The van der Waals surface area contributed by atoms with E-state index in [0.29, 0.717) is 49.5 Å². The summed E-state index contributed by atoms with van der Waals surface area (Å²) >= 11 is 0. The van der Waals surface area contributed by atoms with E-state index in [4.69, 9.17) is 15.5 Å². The highest BCUT2D eigenvalue weighted by Crippen LogP contribution is 2.45. The molecule has 0 aliphatic carbocycles. The van der Waals surface area contributed by atoms with E-state index in [2.05, 4.69) is 15.4 Å². The van der Waals surface area contributed by atoms with Gasteiger partial charge in [-0.1, -0.05) is 36.4 Å². The summed E-state index contributed by atoms with van der Waals surface area (Å²) < 4.78 is 33.2. The highest BCUT2D eigenvalue weighted by Gasteiger charge is 2.47. The summed E-state index contributed by atoms with van der Waals surface area (Å²) in [6.45, 7) is 1.63.